The summed E-state index contributed by atoms with van der Waals surface area (Å²) in [5, 5.41) is 0. The summed E-state index contributed by atoms with van der Waals surface area (Å²) in [6.07, 6.45) is 6.86. The van der Waals surface area contributed by atoms with E-state index in [0.29, 0.717) is 0 Å². The van der Waals surface area contributed by atoms with Gasteiger partial charge in [-0.05, 0) is 121 Å². The smallest absolute Gasteiger partial charge is 0.0694 e. The van der Waals surface area contributed by atoms with Crippen LogP contribution in [0.3, 0.4) is 0 Å². The van der Waals surface area contributed by atoms with E-state index in [2.05, 4.69) is 89.6 Å². The molecule has 204 valence electrons. The molecule has 8 bridgehead atoms. The molecule has 2 N–H and O–H groups in total. The second-order valence-corrected chi connectivity index (χ2v) is 10.7. The van der Waals surface area contributed by atoms with Crippen LogP contribution in [-0.2, 0) is 25.7 Å². The van der Waals surface area contributed by atoms with Gasteiger partial charge in [-0.25, -0.2) is 9.97 Å². The lowest BCUT2D eigenvalue weighted by molar-refractivity contribution is 1.07. The van der Waals surface area contributed by atoms with Gasteiger partial charge in [0.15, 0.2) is 0 Å². The van der Waals surface area contributed by atoms with E-state index in [9.17, 15) is 0 Å². The van der Waals surface area contributed by atoms with E-state index in [1.54, 1.807) is 0 Å². The summed E-state index contributed by atoms with van der Waals surface area (Å²) in [7, 11) is 0. The molecule has 2 aliphatic rings. The number of aromatic nitrogens is 4. The van der Waals surface area contributed by atoms with Gasteiger partial charge in [0, 0.05) is 22.1 Å². The van der Waals surface area contributed by atoms with Crippen molar-refractivity contribution in [3.05, 3.63) is 69.3 Å². The molecule has 4 heteroatoms. The molecule has 0 saturated carbocycles. The van der Waals surface area contributed by atoms with Gasteiger partial charge in [0.05, 0.1) is 22.8 Å². The molecule has 0 saturated heterocycles. The van der Waals surface area contributed by atoms with Crippen molar-refractivity contribution < 1.29 is 0 Å². The molecule has 0 atom stereocenters. The van der Waals surface area contributed by atoms with Crippen molar-refractivity contribution in [3.63, 3.8) is 0 Å². The first-order valence-electron chi connectivity index (χ1n) is 15.1. The van der Waals surface area contributed by atoms with E-state index in [4.69, 9.17) is 9.97 Å². The highest BCUT2D eigenvalue weighted by Crippen LogP contribution is 2.38. The van der Waals surface area contributed by atoms with Gasteiger partial charge in [-0.2, -0.15) is 0 Å². The predicted octanol–water partition coefficient (Wildman–Crippen LogP) is 9.64. The van der Waals surface area contributed by atoms with Gasteiger partial charge >= 0.3 is 0 Å². The molecule has 3 aromatic rings. The summed E-state index contributed by atoms with van der Waals surface area (Å²) < 4.78 is 0. The highest BCUT2D eigenvalue weighted by Gasteiger charge is 2.21. The zero-order chi connectivity index (χ0) is 27.8. The normalized spacial score (nSPS) is 13.6. The average Bonchev–Trinajstić information content (AvgIpc) is 3.64. The molecule has 0 amide bonds. The summed E-state index contributed by atoms with van der Waals surface area (Å²) in [4.78, 5) is 18.1. The van der Waals surface area contributed by atoms with Crippen molar-refractivity contribution in [2.24, 2.45) is 0 Å². The second kappa shape index (κ2) is 11.0. The minimum atomic E-state index is 0.958. The topological polar surface area (TPSA) is 57.4 Å². The van der Waals surface area contributed by atoms with Crippen molar-refractivity contribution in [2.45, 2.75) is 100 Å². The zero-order valence-electron chi connectivity index (χ0n) is 25.2. The molecule has 0 spiro atoms. The molecule has 39 heavy (non-hydrogen) atoms. The van der Waals surface area contributed by atoms with Gasteiger partial charge in [0.25, 0.3) is 0 Å². The van der Waals surface area contributed by atoms with Crippen molar-refractivity contribution in [2.75, 3.05) is 0 Å². The first-order chi connectivity index (χ1) is 18.9. The molecule has 0 fully saturated rings. The van der Waals surface area contributed by atoms with Crippen molar-refractivity contribution in [3.8, 4) is 0 Å². The fraction of sp³-hybridized carbons (Fsp3) is 0.429. The summed E-state index contributed by atoms with van der Waals surface area (Å²) in [6.45, 7) is 18.0. The minimum Gasteiger partial charge on any atom is -0.355 e. The van der Waals surface area contributed by atoms with Crippen LogP contribution in [0.4, 0.5) is 0 Å². The molecule has 2 aliphatic heterocycles. The van der Waals surface area contributed by atoms with E-state index in [-0.39, 0.29) is 0 Å². The van der Waals surface area contributed by atoms with Gasteiger partial charge in [-0.15, -0.1) is 0 Å². The van der Waals surface area contributed by atoms with Crippen LogP contribution in [0.15, 0.2) is 24.3 Å². The van der Waals surface area contributed by atoms with Crippen LogP contribution in [0, 0.1) is 0 Å². The first kappa shape index (κ1) is 27.2. The number of allylic oxidation sites excluding steroid dienone is 4. The second-order valence-electron chi connectivity index (χ2n) is 10.7. The molecular weight excluding hydrogens is 476 g/mol. The number of fused-ring (bicyclic) bond motifs is 8. The van der Waals surface area contributed by atoms with Crippen LogP contribution in [0.5, 0.6) is 0 Å². The minimum absolute atomic E-state index is 0.958. The van der Waals surface area contributed by atoms with Crippen LogP contribution in [0.1, 0.15) is 120 Å². The van der Waals surface area contributed by atoms with E-state index >= 15 is 0 Å². The van der Waals surface area contributed by atoms with Crippen molar-refractivity contribution in [1.29, 1.82) is 0 Å². The van der Waals surface area contributed by atoms with Gasteiger partial charge in [0.2, 0.25) is 0 Å². The third-order valence-electron chi connectivity index (χ3n) is 8.78. The Labute approximate surface area is 233 Å². The van der Waals surface area contributed by atoms with Crippen LogP contribution in [0.25, 0.3) is 44.4 Å². The van der Waals surface area contributed by atoms with E-state index in [0.717, 1.165) is 67.7 Å². The number of H-pyrrole nitrogens is 2. The molecule has 4 nitrogen and oxygen atoms in total. The first-order valence-corrected chi connectivity index (χ1v) is 15.1. The zero-order valence-corrected chi connectivity index (χ0v) is 25.2. The lowest BCUT2D eigenvalue weighted by Crippen LogP contribution is -1.87. The Hall–Kier alpha value is -3.40. The standard InChI is InChI=1S/C35H44N4/c1-9-21-20(8)28-16-30-22(10-2)23(11-3)32(37-30)18-34-26(14-6)27(15-7)35(39-34)19-33-25(13-5)24(12-4)31(38-33)17-29(21)36-28/h16-19,38-39H,9-15H2,1-8H3. The quantitative estimate of drug-likeness (QED) is 0.326. The molecule has 0 unspecified atom stereocenters. The maximum absolute atomic E-state index is 5.24. The third kappa shape index (κ3) is 4.48. The third-order valence-corrected chi connectivity index (χ3v) is 8.78. The Bertz CT molecular complexity index is 1660. The summed E-state index contributed by atoms with van der Waals surface area (Å²) in [5.41, 5.74) is 20.0. The van der Waals surface area contributed by atoms with Crippen LogP contribution in [0.2, 0.25) is 0 Å². The largest absolute Gasteiger partial charge is 0.355 e. The number of hydrogen-bond acceptors (Lipinski definition) is 2. The van der Waals surface area contributed by atoms with Gasteiger partial charge in [-0.1, -0.05) is 48.5 Å². The van der Waals surface area contributed by atoms with E-state index in [1.165, 1.54) is 66.6 Å². The molecule has 3 aromatic heterocycles. The predicted molar refractivity (Wildman–Crippen MR) is 169 cm³/mol. The molecule has 0 aromatic carbocycles. The Morgan fingerprint density at radius 2 is 0.795 bits per heavy atom. The number of aromatic amines is 2. The summed E-state index contributed by atoms with van der Waals surface area (Å²) in [5.74, 6) is 0. The lowest BCUT2D eigenvalue weighted by Gasteiger charge is -2.03. The highest BCUT2D eigenvalue weighted by molar-refractivity contribution is 5.96. The number of nitrogens with one attached hydrogen (secondary N) is 2. The van der Waals surface area contributed by atoms with Crippen molar-refractivity contribution >= 4 is 44.4 Å². The van der Waals surface area contributed by atoms with Crippen LogP contribution < -0.4 is 0 Å². The van der Waals surface area contributed by atoms with Crippen LogP contribution >= 0.6 is 0 Å². The van der Waals surface area contributed by atoms with Gasteiger partial charge < -0.3 is 9.97 Å². The Morgan fingerprint density at radius 1 is 0.436 bits per heavy atom. The maximum atomic E-state index is 5.24. The molecule has 0 radical (unpaired) electrons. The fourth-order valence-corrected chi connectivity index (χ4v) is 6.83. The summed E-state index contributed by atoms with van der Waals surface area (Å²) >= 11 is 0. The molecule has 5 heterocycles. The van der Waals surface area contributed by atoms with E-state index in [1.807, 2.05) is 0 Å². The Balaban J connectivity index is 2.02. The SMILES string of the molecule is CCC1=C(C)c2cc3nc(cc4[nH]c(cc5[nH]c(cc1n2)c(CC)c5CC)c(CC)c4CC)C(CC)=C3CC. The monoisotopic (exact) mass is 520 g/mol. The average molecular weight is 521 g/mol. The summed E-state index contributed by atoms with van der Waals surface area (Å²) in [6, 6.07) is 9.18. The maximum Gasteiger partial charge on any atom is 0.0694 e. The molecule has 0 aliphatic carbocycles. The molecule has 5 rings (SSSR count). The van der Waals surface area contributed by atoms with Gasteiger partial charge in [0.1, 0.15) is 0 Å². The number of rotatable bonds is 7. The lowest BCUT2D eigenvalue weighted by atomic mass is 9.99. The fourth-order valence-electron chi connectivity index (χ4n) is 6.83. The van der Waals surface area contributed by atoms with Gasteiger partial charge in [-0.3, -0.25) is 0 Å². The van der Waals surface area contributed by atoms with Crippen LogP contribution in [-0.4, -0.2) is 19.9 Å². The van der Waals surface area contributed by atoms with Crippen molar-refractivity contribution in [1.82, 2.24) is 19.9 Å². The number of aryl methyl sites for hydroxylation is 4. The molecular formula is C35H44N4. The Morgan fingerprint density at radius 3 is 1.21 bits per heavy atom. The number of nitrogens with zero attached hydrogens (tertiary/aromatic N) is 2. The van der Waals surface area contributed by atoms with E-state index < -0.39 is 0 Å². The highest BCUT2D eigenvalue weighted by atomic mass is 14.8. The number of hydrogen-bond donors (Lipinski definition) is 2. The Kier molecular flexibility index (Phi) is 7.66.